The van der Waals surface area contributed by atoms with E-state index in [2.05, 4.69) is 0 Å². The molecule has 0 aromatic heterocycles. The minimum Gasteiger partial charge on any atom is -0.384 e. The molecule has 5 heteroatoms. The summed E-state index contributed by atoms with van der Waals surface area (Å²) < 4.78 is 0. The van der Waals surface area contributed by atoms with Gasteiger partial charge in [0.25, 0.3) is 0 Å². The molecule has 0 saturated heterocycles. The average molecular weight is 222 g/mol. The molecule has 74 valence electrons. The van der Waals surface area contributed by atoms with Gasteiger partial charge in [0.15, 0.2) is 0 Å². The molecule has 5 N–H and O–H groups in total. The van der Waals surface area contributed by atoms with Gasteiger partial charge in [-0.3, -0.25) is 5.41 Å². The smallest absolute Gasteiger partial charge is 0.123 e. The molecule has 0 fully saturated rings. The number of rotatable bonds is 2. The zero-order valence-electron chi connectivity index (χ0n) is 6.99. The lowest BCUT2D eigenvalue weighted by Crippen LogP contribution is -2.15. The van der Waals surface area contributed by atoms with Crippen LogP contribution in [-0.4, -0.2) is 5.84 Å². The van der Waals surface area contributed by atoms with E-state index in [4.69, 9.17) is 16.9 Å². The van der Waals surface area contributed by atoms with Gasteiger partial charge < -0.3 is 11.5 Å². The molecule has 0 heterocycles. The highest BCUT2D eigenvalue weighted by atomic mass is 35.5. The number of hydrogen-bond acceptors (Lipinski definition) is 2. The van der Waals surface area contributed by atoms with Gasteiger partial charge in [0.05, 0.1) is 0 Å². The number of benzene rings is 1. The molecule has 0 amide bonds. The highest BCUT2D eigenvalue weighted by Gasteiger charge is 2.00. The van der Waals surface area contributed by atoms with Crippen molar-refractivity contribution in [2.45, 2.75) is 6.54 Å². The summed E-state index contributed by atoms with van der Waals surface area (Å²) in [4.78, 5) is 0. The molecule has 1 aromatic carbocycles. The van der Waals surface area contributed by atoms with E-state index in [1.54, 1.807) is 6.07 Å². The van der Waals surface area contributed by atoms with Crippen molar-refractivity contribution in [3.63, 3.8) is 0 Å². The standard InChI is InChI=1S/C8H11N3.2ClH/c9-5-6-3-1-2-4-7(6)8(10)11;;/h1-4H,5,9H2,(H3,10,11);2*1H. The second-order valence-corrected chi connectivity index (χ2v) is 2.27. The Morgan fingerprint density at radius 2 is 1.77 bits per heavy atom. The predicted octanol–water partition coefficient (Wildman–Crippen LogP) is 1.27. The van der Waals surface area contributed by atoms with Gasteiger partial charge in [0, 0.05) is 12.1 Å². The van der Waals surface area contributed by atoms with E-state index in [9.17, 15) is 0 Å². The molecular weight excluding hydrogens is 209 g/mol. The highest BCUT2D eigenvalue weighted by molar-refractivity contribution is 5.96. The summed E-state index contributed by atoms with van der Waals surface area (Å²) in [5.41, 5.74) is 12.4. The molecule has 13 heavy (non-hydrogen) atoms. The number of nitrogens with one attached hydrogen (secondary N) is 1. The Labute approximate surface area is 89.8 Å². The van der Waals surface area contributed by atoms with Gasteiger partial charge in [0.1, 0.15) is 5.84 Å². The van der Waals surface area contributed by atoms with Crippen molar-refractivity contribution in [3.05, 3.63) is 35.4 Å². The molecule has 0 saturated carbocycles. The van der Waals surface area contributed by atoms with Crippen LogP contribution in [0.4, 0.5) is 0 Å². The van der Waals surface area contributed by atoms with Crippen LogP contribution >= 0.6 is 24.8 Å². The van der Waals surface area contributed by atoms with Gasteiger partial charge in [-0.15, -0.1) is 24.8 Å². The molecule has 1 rings (SSSR count). The Morgan fingerprint density at radius 3 is 2.15 bits per heavy atom. The Hall–Kier alpha value is -0.770. The molecule has 1 aromatic rings. The minimum atomic E-state index is 0. The fourth-order valence-electron chi connectivity index (χ4n) is 0.961. The first-order valence-corrected chi connectivity index (χ1v) is 3.38. The maximum absolute atomic E-state index is 7.20. The van der Waals surface area contributed by atoms with Crippen LogP contribution in [0.1, 0.15) is 11.1 Å². The van der Waals surface area contributed by atoms with Crippen LogP contribution in [0.3, 0.4) is 0 Å². The largest absolute Gasteiger partial charge is 0.384 e. The van der Waals surface area contributed by atoms with E-state index in [0.717, 1.165) is 11.1 Å². The van der Waals surface area contributed by atoms with E-state index >= 15 is 0 Å². The third-order valence-corrected chi connectivity index (χ3v) is 1.53. The summed E-state index contributed by atoms with van der Waals surface area (Å²) in [6, 6.07) is 7.39. The lowest BCUT2D eigenvalue weighted by Gasteiger charge is -2.03. The SMILES string of the molecule is Cl.Cl.N=C(N)c1ccccc1CN. The van der Waals surface area contributed by atoms with Gasteiger partial charge in [-0.2, -0.15) is 0 Å². The Morgan fingerprint density at radius 1 is 1.23 bits per heavy atom. The molecule has 0 radical (unpaired) electrons. The van der Waals surface area contributed by atoms with Gasteiger partial charge in [-0.05, 0) is 5.56 Å². The van der Waals surface area contributed by atoms with E-state index in [1.165, 1.54) is 0 Å². The monoisotopic (exact) mass is 221 g/mol. The van der Waals surface area contributed by atoms with Crippen molar-refractivity contribution in [1.29, 1.82) is 5.41 Å². The Kier molecular flexibility index (Phi) is 7.61. The minimum absolute atomic E-state index is 0. The van der Waals surface area contributed by atoms with Crippen LogP contribution in [0.5, 0.6) is 0 Å². The predicted molar refractivity (Wildman–Crippen MR) is 59.8 cm³/mol. The van der Waals surface area contributed by atoms with Crippen molar-refractivity contribution in [3.8, 4) is 0 Å². The van der Waals surface area contributed by atoms with Crippen LogP contribution in [-0.2, 0) is 6.54 Å². The first kappa shape index (κ1) is 14.7. The summed E-state index contributed by atoms with van der Waals surface area (Å²) in [7, 11) is 0. The normalized spacial score (nSPS) is 8.08. The van der Waals surface area contributed by atoms with Crippen molar-refractivity contribution >= 4 is 30.6 Å². The number of amidine groups is 1. The highest BCUT2D eigenvalue weighted by Crippen LogP contribution is 2.05. The van der Waals surface area contributed by atoms with Crippen LogP contribution < -0.4 is 11.5 Å². The molecule has 0 atom stereocenters. The molecule has 0 aliphatic heterocycles. The second kappa shape index (κ2) is 6.71. The molecule has 0 aliphatic rings. The quantitative estimate of drug-likeness (QED) is 0.520. The molecular formula is C8H13Cl2N3. The van der Waals surface area contributed by atoms with Gasteiger partial charge in [-0.25, -0.2) is 0 Å². The molecule has 0 aliphatic carbocycles. The molecule has 0 bridgehead atoms. The van der Waals surface area contributed by atoms with Crippen molar-refractivity contribution in [2.75, 3.05) is 0 Å². The van der Waals surface area contributed by atoms with E-state index in [0.29, 0.717) is 6.54 Å². The van der Waals surface area contributed by atoms with E-state index in [-0.39, 0.29) is 30.6 Å². The first-order chi connectivity index (χ1) is 5.25. The summed E-state index contributed by atoms with van der Waals surface area (Å²) in [5.74, 6) is 0.0750. The number of nitrogens with two attached hydrogens (primary N) is 2. The van der Waals surface area contributed by atoms with Gasteiger partial charge >= 0.3 is 0 Å². The third-order valence-electron chi connectivity index (χ3n) is 1.53. The zero-order chi connectivity index (χ0) is 8.27. The van der Waals surface area contributed by atoms with Crippen molar-refractivity contribution in [2.24, 2.45) is 11.5 Å². The lowest BCUT2D eigenvalue weighted by atomic mass is 10.1. The molecule has 0 unspecified atom stereocenters. The number of halogens is 2. The summed E-state index contributed by atoms with van der Waals surface area (Å²) in [5, 5.41) is 7.20. The third kappa shape index (κ3) is 3.63. The second-order valence-electron chi connectivity index (χ2n) is 2.27. The topological polar surface area (TPSA) is 75.9 Å². The fraction of sp³-hybridized carbons (Fsp3) is 0.125. The maximum Gasteiger partial charge on any atom is 0.123 e. The zero-order valence-corrected chi connectivity index (χ0v) is 8.62. The molecule has 0 spiro atoms. The van der Waals surface area contributed by atoms with Gasteiger partial charge in [0.2, 0.25) is 0 Å². The number of hydrogen-bond donors (Lipinski definition) is 3. The van der Waals surface area contributed by atoms with Crippen LogP contribution in [0, 0.1) is 5.41 Å². The van der Waals surface area contributed by atoms with Crippen LogP contribution in [0.15, 0.2) is 24.3 Å². The van der Waals surface area contributed by atoms with E-state index in [1.807, 2.05) is 18.2 Å². The Bertz CT molecular complexity index is 276. The molecule has 3 nitrogen and oxygen atoms in total. The van der Waals surface area contributed by atoms with Crippen molar-refractivity contribution < 1.29 is 0 Å². The van der Waals surface area contributed by atoms with E-state index < -0.39 is 0 Å². The summed E-state index contributed by atoms with van der Waals surface area (Å²) in [6.07, 6.45) is 0. The van der Waals surface area contributed by atoms with Crippen LogP contribution in [0.25, 0.3) is 0 Å². The first-order valence-electron chi connectivity index (χ1n) is 3.38. The average Bonchev–Trinajstić information content (AvgIpc) is 2.04. The van der Waals surface area contributed by atoms with Gasteiger partial charge in [-0.1, -0.05) is 24.3 Å². The summed E-state index contributed by atoms with van der Waals surface area (Å²) >= 11 is 0. The van der Waals surface area contributed by atoms with Crippen molar-refractivity contribution in [1.82, 2.24) is 0 Å². The number of nitrogen functional groups attached to an aromatic ring is 1. The lowest BCUT2D eigenvalue weighted by molar-refractivity contribution is 1.06. The summed E-state index contributed by atoms with van der Waals surface area (Å²) in [6.45, 7) is 0.426. The Balaban J connectivity index is 0. The fourth-order valence-corrected chi connectivity index (χ4v) is 0.961. The maximum atomic E-state index is 7.20. The van der Waals surface area contributed by atoms with Crippen LogP contribution in [0.2, 0.25) is 0 Å².